The van der Waals surface area contributed by atoms with Crippen molar-refractivity contribution in [2.75, 3.05) is 0 Å². The number of imidazole rings is 1. The number of thioether (sulfide) groups is 1. The molecule has 0 aliphatic rings. The van der Waals surface area contributed by atoms with Gasteiger partial charge in [-0.05, 0) is 41.1 Å². The molecule has 5 aromatic rings. The van der Waals surface area contributed by atoms with Crippen LogP contribution in [-0.2, 0) is 12.3 Å². The standard InChI is InChI=1S/C20H19N7S/c1-2-3-12-26-18(23-24-25-26)13-28-20-22-15-9-5-4-8-14(15)19-21-16-10-6-7-11-17(16)27(19)20/h4-11H,2-3,12-13H2,1H3. The number of para-hydroxylation sites is 3. The van der Waals surface area contributed by atoms with Gasteiger partial charge in [-0.1, -0.05) is 49.4 Å². The van der Waals surface area contributed by atoms with Gasteiger partial charge < -0.3 is 0 Å². The Balaban J connectivity index is 1.61. The molecule has 3 heterocycles. The van der Waals surface area contributed by atoms with E-state index < -0.39 is 0 Å². The Hall–Kier alpha value is -3.00. The van der Waals surface area contributed by atoms with Crippen LogP contribution < -0.4 is 0 Å². The fraction of sp³-hybridized carbons (Fsp3) is 0.250. The third-order valence-electron chi connectivity index (χ3n) is 4.77. The van der Waals surface area contributed by atoms with Gasteiger partial charge in [0.05, 0.1) is 22.3 Å². The highest BCUT2D eigenvalue weighted by molar-refractivity contribution is 7.98. The molecule has 3 aromatic heterocycles. The fourth-order valence-corrected chi connectivity index (χ4v) is 4.29. The van der Waals surface area contributed by atoms with Gasteiger partial charge in [-0.3, -0.25) is 4.40 Å². The zero-order chi connectivity index (χ0) is 18.9. The molecule has 140 valence electrons. The zero-order valence-corrected chi connectivity index (χ0v) is 16.3. The first-order valence-electron chi connectivity index (χ1n) is 9.39. The minimum absolute atomic E-state index is 0.656. The zero-order valence-electron chi connectivity index (χ0n) is 15.5. The summed E-state index contributed by atoms with van der Waals surface area (Å²) in [5.74, 6) is 1.52. The van der Waals surface area contributed by atoms with Crippen molar-refractivity contribution in [1.29, 1.82) is 0 Å². The summed E-state index contributed by atoms with van der Waals surface area (Å²) >= 11 is 1.64. The van der Waals surface area contributed by atoms with E-state index in [1.54, 1.807) is 11.8 Å². The normalized spacial score (nSPS) is 11.8. The minimum Gasteiger partial charge on any atom is -0.271 e. The first-order valence-corrected chi connectivity index (χ1v) is 10.4. The van der Waals surface area contributed by atoms with Crippen LogP contribution >= 0.6 is 11.8 Å². The Morgan fingerprint density at radius 2 is 1.79 bits per heavy atom. The number of hydrogen-bond acceptors (Lipinski definition) is 6. The number of unbranched alkanes of at least 4 members (excludes halogenated alkanes) is 1. The van der Waals surface area contributed by atoms with Crippen molar-refractivity contribution < 1.29 is 0 Å². The Kier molecular flexibility index (Phi) is 4.40. The molecule has 0 fully saturated rings. The van der Waals surface area contributed by atoms with Crippen LogP contribution in [0.2, 0.25) is 0 Å². The van der Waals surface area contributed by atoms with E-state index in [0.717, 1.165) is 58.0 Å². The molecular formula is C20H19N7S. The number of aryl methyl sites for hydroxylation is 1. The summed E-state index contributed by atoms with van der Waals surface area (Å²) in [5, 5.41) is 14.1. The number of aromatic nitrogens is 7. The second kappa shape index (κ2) is 7.20. The lowest BCUT2D eigenvalue weighted by atomic mass is 10.2. The van der Waals surface area contributed by atoms with Crippen LogP contribution in [0.3, 0.4) is 0 Å². The van der Waals surface area contributed by atoms with Gasteiger partial charge in [0, 0.05) is 11.9 Å². The first kappa shape index (κ1) is 17.1. The van der Waals surface area contributed by atoms with Crippen molar-refractivity contribution in [2.24, 2.45) is 0 Å². The molecule has 0 spiro atoms. The Morgan fingerprint density at radius 3 is 2.68 bits per heavy atom. The number of fused-ring (bicyclic) bond motifs is 5. The molecule has 0 unspecified atom stereocenters. The van der Waals surface area contributed by atoms with Crippen LogP contribution in [0, 0.1) is 0 Å². The van der Waals surface area contributed by atoms with E-state index in [1.165, 1.54) is 0 Å². The highest BCUT2D eigenvalue weighted by Crippen LogP contribution is 2.30. The average Bonchev–Trinajstić information content (AvgIpc) is 3.35. The number of rotatable bonds is 6. The number of hydrogen-bond donors (Lipinski definition) is 0. The number of benzene rings is 2. The van der Waals surface area contributed by atoms with E-state index >= 15 is 0 Å². The van der Waals surface area contributed by atoms with Crippen LogP contribution in [0.25, 0.3) is 27.6 Å². The fourth-order valence-electron chi connectivity index (χ4n) is 3.35. The van der Waals surface area contributed by atoms with Gasteiger partial charge >= 0.3 is 0 Å². The van der Waals surface area contributed by atoms with Crippen molar-refractivity contribution in [3.05, 3.63) is 54.4 Å². The second-order valence-electron chi connectivity index (χ2n) is 6.63. The highest BCUT2D eigenvalue weighted by atomic mass is 32.2. The van der Waals surface area contributed by atoms with Crippen molar-refractivity contribution in [3.8, 4) is 0 Å². The number of nitrogens with zero attached hydrogens (tertiary/aromatic N) is 7. The smallest absolute Gasteiger partial charge is 0.175 e. The molecule has 8 heteroatoms. The van der Waals surface area contributed by atoms with E-state index in [4.69, 9.17) is 9.97 Å². The van der Waals surface area contributed by atoms with Gasteiger partial charge in [0.2, 0.25) is 0 Å². The maximum atomic E-state index is 4.93. The van der Waals surface area contributed by atoms with Gasteiger partial charge in [-0.25, -0.2) is 14.6 Å². The van der Waals surface area contributed by atoms with E-state index in [1.807, 2.05) is 41.1 Å². The van der Waals surface area contributed by atoms with Gasteiger partial charge in [0.1, 0.15) is 5.65 Å². The monoisotopic (exact) mass is 389 g/mol. The molecule has 0 atom stereocenters. The molecule has 0 radical (unpaired) electrons. The van der Waals surface area contributed by atoms with Crippen molar-refractivity contribution in [2.45, 2.75) is 37.2 Å². The van der Waals surface area contributed by atoms with Crippen LogP contribution in [-0.4, -0.2) is 34.6 Å². The van der Waals surface area contributed by atoms with Crippen molar-refractivity contribution >= 4 is 39.3 Å². The first-order chi connectivity index (χ1) is 13.8. The number of tetrazole rings is 1. The Morgan fingerprint density at radius 1 is 0.964 bits per heavy atom. The lowest BCUT2D eigenvalue weighted by molar-refractivity contribution is 0.540. The van der Waals surface area contributed by atoms with Crippen LogP contribution in [0.1, 0.15) is 25.6 Å². The summed E-state index contributed by atoms with van der Waals surface area (Å²) in [4.78, 5) is 9.80. The molecule has 5 rings (SSSR count). The lowest BCUT2D eigenvalue weighted by Gasteiger charge is -2.08. The molecular weight excluding hydrogens is 370 g/mol. The van der Waals surface area contributed by atoms with E-state index in [9.17, 15) is 0 Å². The summed E-state index contributed by atoms with van der Waals surface area (Å²) in [6, 6.07) is 16.3. The Labute approximate surface area is 165 Å². The largest absolute Gasteiger partial charge is 0.271 e. The summed E-state index contributed by atoms with van der Waals surface area (Å²) < 4.78 is 4.03. The summed E-state index contributed by atoms with van der Waals surface area (Å²) in [6.07, 6.45) is 2.17. The van der Waals surface area contributed by atoms with E-state index in [0.29, 0.717) is 5.75 Å². The predicted molar refractivity (Wildman–Crippen MR) is 110 cm³/mol. The maximum absolute atomic E-state index is 4.93. The van der Waals surface area contributed by atoms with Crippen molar-refractivity contribution in [3.63, 3.8) is 0 Å². The topological polar surface area (TPSA) is 73.8 Å². The van der Waals surface area contributed by atoms with Gasteiger partial charge in [-0.2, -0.15) is 0 Å². The summed E-state index contributed by atoms with van der Waals surface area (Å²) in [5.41, 5.74) is 3.90. The van der Waals surface area contributed by atoms with Crippen LogP contribution in [0.5, 0.6) is 0 Å². The third kappa shape index (κ3) is 2.90. The van der Waals surface area contributed by atoms with Gasteiger partial charge in [0.25, 0.3) is 0 Å². The quantitative estimate of drug-likeness (QED) is 0.321. The lowest BCUT2D eigenvalue weighted by Crippen LogP contribution is -2.05. The molecule has 0 saturated heterocycles. The Bertz CT molecular complexity index is 1270. The molecule has 28 heavy (non-hydrogen) atoms. The maximum Gasteiger partial charge on any atom is 0.175 e. The van der Waals surface area contributed by atoms with Crippen molar-refractivity contribution in [1.82, 2.24) is 34.6 Å². The molecule has 0 amide bonds. The highest BCUT2D eigenvalue weighted by Gasteiger charge is 2.15. The van der Waals surface area contributed by atoms with Crippen LogP contribution in [0.4, 0.5) is 0 Å². The molecule has 0 saturated carbocycles. The molecule has 0 bridgehead atoms. The molecule has 0 aliphatic carbocycles. The van der Waals surface area contributed by atoms with Crippen LogP contribution in [0.15, 0.2) is 53.7 Å². The molecule has 0 aliphatic heterocycles. The third-order valence-corrected chi connectivity index (χ3v) is 5.71. The van der Waals surface area contributed by atoms with Gasteiger partial charge in [-0.15, -0.1) is 5.10 Å². The average molecular weight is 389 g/mol. The molecule has 0 N–H and O–H groups in total. The summed E-state index contributed by atoms with van der Waals surface area (Å²) in [6.45, 7) is 3.01. The SMILES string of the molecule is CCCCn1nnnc1CSc1nc2ccccc2c2nc3ccccc3n12. The minimum atomic E-state index is 0.656. The second-order valence-corrected chi connectivity index (χ2v) is 7.57. The predicted octanol–water partition coefficient (Wildman–Crippen LogP) is 4.11. The summed E-state index contributed by atoms with van der Waals surface area (Å²) in [7, 11) is 0. The van der Waals surface area contributed by atoms with E-state index in [-0.39, 0.29) is 0 Å². The van der Waals surface area contributed by atoms with E-state index in [2.05, 4.69) is 39.0 Å². The molecule has 2 aromatic carbocycles. The molecule has 7 nitrogen and oxygen atoms in total. The van der Waals surface area contributed by atoms with Gasteiger partial charge in [0.15, 0.2) is 11.0 Å².